The number of halogens is 3. The van der Waals surface area contributed by atoms with Crippen molar-refractivity contribution in [2.75, 3.05) is 19.7 Å². The molecule has 0 aliphatic carbocycles. The second kappa shape index (κ2) is 7.41. The number of alkyl halides is 3. The van der Waals surface area contributed by atoms with Crippen LogP contribution in [0.25, 0.3) is 0 Å². The maximum atomic E-state index is 12.2. The zero-order valence-corrected chi connectivity index (χ0v) is 14.4. The SMILES string of the molecule is CC(C)(C)OC(=O)N1CCC(COc2cccc(OC(F)(F)F)c2)C1. The Morgan fingerprint density at radius 1 is 1.24 bits per heavy atom. The van der Waals surface area contributed by atoms with Crippen molar-refractivity contribution in [1.29, 1.82) is 0 Å². The van der Waals surface area contributed by atoms with Crippen LogP contribution >= 0.6 is 0 Å². The minimum absolute atomic E-state index is 0.0970. The number of rotatable bonds is 4. The van der Waals surface area contributed by atoms with E-state index in [4.69, 9.17) is 9.47 Å². The van der Waals surface area contributed by atoms with Crippen molar-refractivity contribution >= 4 is 6.09 Å². The van der Waals surface area contributed by atoms with E-state index in [1.807, 2.05) is 0 Å². The topological polar surface area (TPSA) is 48.0 Å². The summed E-state index contributed by atoms with van der Waals surface area (Å²) in [6.45, 7) is 6.77. The number of benzene rings is 1. The molecule has 1 saturated heterocycles. The molecule has 0 bridgehead atoms. The van der Waals surface area contributed by atoms with Crippen molar-refractivity contribution in [3.63, 3.8) is 0 Å². The first-order chi connectivity index (χ1) is 11.5. The molecule has 0 saturated carbocycles. The highest BCUT2D eigenvalue weighted by Crippen LogP contribution is 2.27. The van der Waals surface area contributed by atoms with Gasteiger partial charge in [0.2, 0.25) is 0 Å². The zero-order chi connectivity index (χ0) is 18.7. The Labute approximate surface area is 144 Å². The number of nitrogens with zero attached hydrogens (tertiary/aromatic N) is 1. The molecule has 1 aromatic rings. The Kier molecular flexibility index (Phi) is 5.69. The maximum Gasteiger partial charge on any atom is 0.573 e. The molecule has 25 heavy (non-hydrogen) atoms. The van der Waals surface area contributed by atoms with Crippen LogP contribution in [-0.4, -0.2) is 42.7 Å². The zero-order valence-electron chi connectivity index (χ0n) is 14.4. The fourth-order valence-electron chi connectivity index (χ4n) is 2.44. The monoisotopic (exact) mass is 361 g/mol. The number of amides is 1. The summed E-state index contributed by atoms with van der Waals surface area (Å²) < 4.78 is 51.4. The van der Waals surface area contributed by atoms with Gasteiger partial charge in [-0.15, -0.1) is 13.2 Å². The van der Waals surface area contributed by atoms with Crippen LogP contribution in [0.3, 0.4) is 0 Å². The Morgan fingerprint density at radius 3 is 2.56 bits per heavy atom. The summed E-state index contributed by atoms with van der Waals surface area (Å²) in [5.74, 6) is 0.0592. The maximum absolute atomic E-state index is 12.2. The standard InChI is InChI=1S/C17H22F3NO4/c1-16(2,3)25-15(22)21-8-7-12(10-21)11-23-13-5-4-6-14(9-13)24-17(18,19)20/h4-6,9,12H,7-8,10-11H2,1-3H3. The fraction of sp³-hybridized carbons (Fsp3) is 0.588. The number of carbonyl (C=O) groups excluding carboxylic acids is 1. The molecule has 1 aliphatic heterocycles. The lowest BCUT2D eigenvalue weighted by atomic mass is 10.1. The number of ether oxygens (including phenoxy) is 3. The normalized spacial score (nSPS) is 18.2. The highest BCUT2D eigenvalue weighted by Gasteiger charge is 2.32. The molecule has 0 aromatic heterocycles. The summed E-state index contributed by atoms with van der Waals surface area (Å²) in [4.78, 5) is 13.6. The molecule has 1 amide bonds. The van der Waals surface area contributed by atoms with E-state index in [-0.39, 0.29) is 23.5 Å². The first-order valence-electron chi connectivity index (χ1n) is 7.98. The van der Waals surface area contributed by atoms with Gasteiger partial charge >= 0.3 is 12.5 Å². The van der Waals surface area contributed by atoms with Crippen LogP contribution < -0.4 is 9.47 Å². The van der Waals surface area contributed by atoms with Gasteiger partial charge in [0, 0.05) is 25.1 Å². The number of hydrogen-bond acceptors (Lipinski definition) is 4. The smallest absolute Gasteiger partial charge is 0.493 e. The molecule has 2 rings (SSSR count). The highest BCUT2D eigenvalue weighted by molar-refractivity contribution is 5.68. The van der Waals surface area contributed by atoms with E-state index in [0.717, 1.165) is 6.42 Å². The quantitative estimate of drug-likeness (QED) is 0.806. The molecular formula is C17H22F3NO4. The van der Waals surface area contributed by atoms with E-state index in [1.54, 1.807) is 31.7 Å². The predicted molar refractivity (Wildman–Crippen MR) is 84.5 cm³/mol. The predicted octanol–water partition coefficient (Wildman–Crippen LogP) is 4.22. The molecule has 1 fully saturated rings. The van der Waals surface area contributed by atoms with Gasteiger partial charge in [-0.05, 0) is 39.3 Å². The third kappa shape index (κ3) is 6.72. The van der Waals surface area contributed by atoms with Crippen LogP contribution in [0.1, 0.15) is 27.2 Å². The van der Waals surface area contributed by atoms with Gasteiger partial charge in [0.1, 0.15) is 17.1 Å². The van der Waals surface area contributed by atoms with E-state index < -0.39 is 12.0 Å². The number of carbonyl (C=O) groups is 1. The molecule has 0 spiro atoms. The summed E-state index contributed by atoms with van der Waals surface area (Å²) in [5.41, 5.74) is -0.551. The molecule has 5 nitrogen and oxygen atoms in total. The van der Waals surface area contributed by atoms with Crippen molar-refractivity contribution < 1.29 is 32.2 Å². The molecule has 1 aliphatic rings. The average molecular weight is 361 g/mol. The van der Waals surface area contributed by atoms with Crippen molar-refractivity contribution in [3.8, 4) is 11.5 Å². The van der Waals surface area contributed by atoms with Gasteiger partial charge < -0.3 is 19.1 Å². The highest BCUT2D eigenvalue weighted by atomic mass is 19.4. The molecule has 1 atom stereocenters. The molecule has 140 valence electrons. The van der Waals surface area contributed by atoms with Gasteiger partial charge in [-0.3, -0.25) is 0 Å². The third-order valence-electron chi connectivity index (χ3n) is 3.46. The number of hydrogen-bond donors (Lipinski definition) is 0. The van der Waals surface area contributed by atoms with E-state index in [2.05, 4.69) is 4.74 Å². The fourth-order valence-corrected chi connectivity index (χ4v) is 2.44. The van der Waals surface area contributed by atoms with Gasteiger partial charge in [0.25, 0.3) is 0 Å². The van der Waals surface area contributed by atoms with Gasteiger partial charge in [-0.1, -0.05) is 6.07 Å². The van der Waals surface area contributed by atoms with Gasteiger partial charge in [0.05, 0.1) is 6.61 Å². The average Bonchev–Trinajstić information content (AvgIpc) is 2.91. The largest absolute Gasteiger partial charge is 0.573 e. The summed E-state index contributed by atoms with van der Waals surface area (Å²) in [6, 6.07) is 5.39. The molecule has 1 heterocycles. The van der Waals surface area contributed by atoms with Gasteiger partial charge in [-0.2, -0.15) is 0 Å². The van der Waals surface area contributed by atoms with Crippen LogP contribution in [0.4, 0.5) is 18.0 Å². The lowest BCUT2D eigenvalue weighted by molar-refractivity contribution is -0.274. The first-order valence-corrected chi connectivity index (χ1v) is 7.98. The lowest BCUT2D eigenvalue weighted by Crippen LogP contribution is -2.35. The summed E-state index contributed by atoms with van der Waals surface area (Å²) in [5, 5.41) is 0. The Bertz CT molecular complexity index is 598. The van der Waals surface area contributed by atoms with Crippen LogP contribution in [0.2, 0.25) is 0 Å². The molecular weight excluding hydrogens is 339 g/mol. The van der Waals surface area contributed by atoms with Crippen LogP contribution in [0.15, 0.2) is 24.3 Å². The van der Waals surface area contributed by atoms with Gasteiger partial charge in [-0.25, -0.2) is 4.79 Å². The number of likely N-dealkylation sites (tertiary alicyclic amines) is 1. The lowest BCUT2D eigenvalue weighted by Gasteiger charge is -2.24. The molecule has 1 aromatic carbocycles. The minimum Gasteiger partial charge on any atom is -0.493 e. The minimum atomic E-state index is -4.74. The third-order valence-corrected chi connectivity index (χ3v) is 3.46. The molecule has 0 radical (unpaired) electrons. The summed E-state index contributed by atoms with van der Waals surface area (Å²) >= 11 is 0. The molecule has 0 N–H and O–H groups in total. The Morgan fingerprint density at radius 2 is 1.92 bits per heavy atom. The van der Waals surface area contributed by atoms with Gasteiger partial charge in [0.15, 0.2) is 0 Å². The first kappa shape index (κ1) is 19.2. The van der Waals surface area contributed by atoms with E-state index in [1.165, 1.54) is 18.2 Å². The van der Waals surface area contributed by atoms with E-state index in [0.29, 0.717) is 19.7 Å². The van der Waals surface area contributed by atoms with Crippen LogP contribution in [0, 0.1) is 5.92 Å². The van der Waals surface area contributed by atoms with Crippen molar-refractivity contribution in [1.82, 2.24) is 4.90 Å². The van der Waals surface area contributed by atoms with Crippen molar-refractivity contribution in [2.45, 2.75) is 39.2 Å². The molecule has 1 unspecified atom stereocenters. The summed E-state index contributed by atoms with van der Waals surface area (Å²) in [6.07, 6.45) is -4.36. The van der Waals surface area contributed by atoms with E-state index in [9.17, 15) is 18.0 Å². The Hall–Kier alpha value is -2.12. The second-order valence-electron chi connectivity index (χ2n) is 6.91. The van der Waals surface area contributed by atoms with E-state index >= 15 is 0 Å². The van der Waals surface area contributed by atoms with Crippen LogP contribution in [-0.2, 0) is 4.74 Å². The van der Waals surface area contributed by atoms with Crippen molar-refractivity contribution in [2.24, 2.45) is 5.92 Å². The second-order valence-corrected chi connectivity index (χ2v) is 6.91. The molecule has 8 heteroatoms. The van der Waals surface area contributed by atoms with Crippen LogP contribution in [0.5, 0.6) is 11.5 Å². The summed E-state index contributed by atoms with van der Waals surface area (Å²) in [7, 11) is 0. The Balaban J connectivity index is 1.83. The van der Waals surface area contributed by atoms with Crippen molar-refractivity contribution in [3.05, 3.63) is 24.3 Å².